The highest BCUT2D eigenvalue weighted by Gasteiger charge is 2.17. The highest BCUT2D eigenvalue weighted by atomic mass is 19.1. The maximum atomic E-state index is 13.4. The fourth-order valence-corrected chi connectivity index (χ4v) is 2.06. The molecule has 21 heavy (non-hydrogen) atoms. The Morgan fingerprint density at radius 3 is 2.33 bits per heavy atom. The molecule has 0 atom stereocenters. The number of hydrogen-bond acceptors (Lipinski definition) is 2. The summed E-state index contributed by atoms with van der Waals surface area (Å²) in [4.78, 5) is 0. The minimum atomic E-state index is -0.320. The summed E-state index contributed by atoms with van der Waals surface area (Å²) >= 11 is 0. The highest BCUT2D eigenvalue weighted by molar-refractivity contribution is 5.55. The second kappa shape index (κ2) is 5.76. The third-order valence-electron chi connectivity index (χ3n) is 4.04. The standard InChI is InChI=1S/C18H22FNO/c1-5-18(3,4)13-6-8-14(9-7-13)21-17-10-12(2)15(19)11-16(17)20/h6-11H,5,20H2,1-4H3. The van der Waals surface area contributed by atoms with Gasteiger partial charge < -0.3 is 10.5 Å². The van der Waals surface area contributed by atoms with Gasteiger partial charge in [0, 0.05) is 6.07 Å². The van der Waals surface area contributed by atoms with Gasteiger partial charge in [0.2, 0.25) is 0 Å². The summed E-state index contributed by atoms with van der Waals surface area (Å²) in [5.74, 6) is 0.861. The van der Waals surface area contributed by atoms with Crippen molar-refractivity contribution < 1.29 is 9.13 Å². The summed E-state index contributed by atoms with van der Waals surface area (Å²) in [6, 6.07) is 10.9. The van der Waals surface area contributed by atoms with Crippen molar-refractivity contribution in [1.29, 1.82) is 0 Å². The lowest BCUT2D eigenvalue weighted by atomic mass is 9.82. The maximum absolute atomic E-state index is 13.4. The number of nitrogens with two attached hydrogens (primary N) is 1. The van der Waals surface area contributed by atoms with Crippen molar-refractivity contribution in [3.05, 3.63) is 53.3 Å². The molecule has 0 aromatic heterocycles. The fraction of sp³-hybridized carbons (Fsp3) is 0.333. The average molecular weight is 287 g/mol. The zero-order valence-corrected chi connectivity index (χ0v) is 13.0. The number of halogens is 1. The van der Waals surface area contributed by atoms with Crippen LogP contribution in [0.1, 0.15) is 38.3 Å². The molecule has 0 amide bonds. The van der Waals surface area contributed by atoms with Gasteiger partial charge in [0.15, 0.2) is 5.75 Å². The van der Waals surface area contributed by atoms with Gasteiger partial charge in [0.1, 0.15) is 11.6 Å². The van der Waals surface area contributed by atoms with Gasteiger partial charge in [-0.15, -0.1) is 0 Å². The summed E-state index contributed by atoms with van der Waals surface area (Å²) in [7, 11) is 0. The molecule has 0 saturated carbocycles. The smallest absolute Gasteiger partial charge is 0.150 e. The molecule has 0 heterocycles. The second-order valence-electron chi connectivity index (χ2n) is 6.00. The number of hydrogen-bond donors (Lipinski definition) is 1. The van der Waals surface area contributed by atoms with Crippen LogP contribution in [-0.4, -0.2) is 0 Å². The third kappa shape index (κ3) is 3.35. The molecular formula is C18H22FNO. The quantitative estimate of drug-likeness (QED) is 0.785. The first-order valence-corrected chi connectivity index (χ1v) is 7.17. The highest BCUT2D eigenvalue weighted by Crippen LogP contribution is 2.32. The van der Waals surface area contributed by atoms with E-state index in [2.05, 4.69) is 32.9 Å². The predicted molar refractivity (Wildman–Crippen MR) is 85.4 cm³/mol. The lowest BCUT2D eigenvalue weighted by Gasteiger charge is -2.23. The molecule has 112 valence electrons. The summed E-state index contributed by atoms with van der Waals surface area (Å²) in [5.41, 5.74) is 8.02. The molecule has 2 nitrogen and oxygen atoms in total. The first kappa shape index (κ1) is 15.4. The Balaban J connectivity index is 2.23. The van der Waals surface area contributed by atoms with E-state index >= 15 is 0 Å². The third-order valence-corrected chi connectivity index (χ3v) is 4.04. The molecule has 0 aliphatic rings. The molecule has 2 aromatic rings. The zero-order valence-electron chi connectivity index (χ0n) is 13.0. The molecular weight excluding hydrogens is 265 g/mol. The first-order chi connectivity index (χ1) is 9.83. The Bertz CT molecular complexity index is 632. The van der Waals surface area contributed by atoms with Crippen molar-refractivity contribution in [3.8, 4) is 11.5 Å². The summed E-state index contributed by atoms with van der Waals surface area (Å²) in [6.45, 7) is 8.29. The van der Waals surface area contributed by atoms with Crippen LogP contribution in [0.5, 0.6) is 11.5 Å². The molecule has 0 bridgehead atoms. The van der Waals surface area contributed by atoms with Crippen LogP contribution in [-0.2, 0) is 5.41 Å². The van der Waals surface area contributed by atoms with Gasteiger partial charge >= 0.3 is 0 Å². The van der Waals surface area contributed by atoms with Crippen molar-refractivity contribution >= 4 is 5.69 Å². The minimum Gasteiger partial charge on any atom is -0.455 e. The number of nitrogen functional groups attached to an aromatic ring is 1. The van der Waals surface area contributed by atoms with Gasteiger partial charge in [-0.25, -0.2) is 4.39 Å². The van der Waals surface area contributed by atoms with E-state index in [4.69, 9.17) is 10.5 Å². The topological polar surface area (TPSA) is 35.2 Å². The number of ether oxygens (including phenoxy) is 1. The van der Waals surface area contributed by atoms with E-state index in [1.807, 2.05) is 12.1 Å². The predicted octanol–water partition coefficient (Wildman–Crippen LogP) is 5.20. The monoisotopic (exact) mass is 287 g/mol. The van der Waals surface area contributed by atoms with Crippen molar-refractivity contribution in [1.82, 2.24) is 0 Å². The van der Waals surface area contributed by atoms with Crippen LogP contribution in [0.3, 0.4) is 0 Å². The van der Waals surface area contributed by atoms with E-state index < -0.39 is 0 Å². The number of rotatable bonds is 4. The Kier molecular flexibility index (Phi) is 4.21. The van der Waals surface area contributed by atoms with E-state index in [0.29, 0.717) is 22.7 Å². The van der Waals surface area contributed by atoms with Crippen LogP contribution in [0.2, 0.25) is 0 Å². The van der Waals surface area contributed by atoms with E-state index in [1.54, 1.807) is 13.0 Å². The van der Waals surface area contributed by atoms with Crippen molar-refractivity contribution in [2.75, 3.05) is 5.73 Å². The number of benzene rings is 2. The summed E-state index contributed by atoms with van der Waals surface area (Å²) in [6.07, 6.45) is 1.07. The molecule has 0 aliphatic heterocycles. The maximum Gasteiger partial charge on any atom is 0.150 e. The van der Waals surface area contributed by atoms with Gasteiger partial charge in [0.05, 0.1) is 5.69 Å². The van der Waals surface area contributed by atoms with Crippen molar-refractivity contribution in [2.24, 2.45) is 0 Å². The molecule has 0 aliphatic carbocycles. The lowest BCUT2D eigenvalue weighted by Crippen LogP contribution is -2.14. The van der Waals surface area contributed by atoms with Gasteiger partial charge in [-0.3, -0.25) is 0 Å². The van der Waals surface area contributed by atoms with Crippen LogP contribution in [0.15, 0.2) is 36.4 Å². The van der Waals surface area contributed by atoms with E-state index in [0.717, 1.165) is 6.42 Å². The molecule has 2 aromatic carbocycles. The normalized spacial score (nSPS) is 11.5. The molecule has 0 unspecified atom stereocenters. The van der Waals surface area contributed by atoms with Crippen LogP contribution in [0.4, 0.5) is 10.1 Å². The Hall–Kier alpha value is -2.03. The molecule has 2 N–H and O–H groups in total. The van der Waals surface area contributed by atoms with Crippen molar-refractivity contribution in [3.63, 3.8) is 0 Å². The second-order valence-corrected chi connectivity index (χ2v) is 6.00. The van der Waals surface area contributed by atoms with Gasteiger partial charge in [0.25, 0.3) is 0 Å². The Labute approximate surface area is 125 Å². The molecule has 3 heteroatoms. The van der Waals surface area contributed by atoms with Gasteiger partial charge in [-0.2, -0.15) is 0 Å². The van der Waals surface area contributed by atoms with Gasteiger partial charge in [-0.1, -0.05) is 32.9 Å². The first-order valence-electron chi connectivity index (χ1n) is 7.17. The van der Waals surface area contributed by atoms with Gasteiger partial charge in [-0.05, 0) is 48.1 Å². The zero-order chi connectivity index (χ0) is 15.6. The fourth-order valence-electron chi connectivity index (χ4n) is 2.06. The molecule has 2 rings (SSSR count). The Morgan fingerprint density at radius 2 is 1.76 bits per heavy atom. The summed E-state index contributed by atoms with van der Waals surface area (Å²) in [5, 5.41) is 0. The average Bonchev–Trinajstić information content (AvgIpc) is 2.45. The summed E-state index contributed by atoms with van der Waals surface area (Å²) < 4.78 is 19.1. The van der Waals surface area contributed by atoms with Crippen molar-refractivity contribution in [2.45, 2.75) is 39.5 Å². The molecule has 0 spiro atoms. The number of anilines is 1. The van der Waals surface area contributed by atoms with Crippen LogP contribution in [0.25, 0.3) is 0 Å². The SMILES string of the molecule is CCC(C)(C)c1ccc(Oc2cc(C)c(F)cc2N)cc1. The molecule has 0 fully saturated rings. The van der Waals surface area contributed by atoms with Crippen LogP contribution >= 0.6 is 0 Å². The minimum absolute atomic E-state index is 0.143. The largest absolute Gasteiger partial charge is 0.455 e. The van der Waals surface area contributed by atoms with E-state index in [9.17, 15) is 4.39 Å². The van der Waals surface area contributed by atoms with Crippen LogP contribution < -0.4 is 10.5 Å². The Morgan fingerprint density at radius 1 is 1.14 bits per heavy atom. The number of aryl methyl sites for hydroxylation is 1. The van der Waals surface area contributed by atoms with E-state index in [1.165, 1.54) is 11.6 Å². The van der Waals surface area contributed by atoms with Crippen LogP contribution in [0, 0.1) is 12.7 Å². The lowest BCUT2D eigenvalue weighted by molar-refractivity contribution is 0.478. The molecule has 0 radical (unpaired) electrons. The molecule has 0 saturated heterocycles. The van der Waals surface area contributed by atoms with E-state index in [-0.39, 0.29) is 11.2 Å².